The van der Waals surface area contributed by atoms with Gasteiger partial charge in [0, 0.05) is 57.2 Å². The van der Waals surface area contributed by atoms with Crippen LogP contribution in [-0.2, 0) is 13.6 Å². The normalized spacial score (nSPS) is 11.9. The van der Waals surface area contributed by atoms with Crippen LogP contribution in [0.15, 0.2) is 84.9 Å². The van der Waals surface area contributed by atoms with Crippen molar-refractivity contribution in [2.75, 3.05) is 0 Å². The molecule has 0 radical (unpaired) electrons. The molecule has 0 atom stereocenters. The van der Waals surface area contributed by atoms with Gasteiger partial charge in [-0.3, -0.25) is 0 Å². The minimum atomic E-state index is 0.968. The molecule has 0 fully saturated rings. The molecular weight excluding hydrogens is 352 g/mol. The van der Waals surface area contributed by atoms with Gasteiger partial charge >= 0.3 is 0 Å². The first-order valence-electron chi connectivity index (χ1n) is 10.2. The fourth-order valence-corrected chi connectivity index (χ4v) is 4.91. The first-order valence-corrected chi connectivity index (χ1v) is 10.2. The number of aryl methyl sites for hydroxylation is 2. The molecule has 2 nitrogen and oxygen atoms in total. The molecule has 140 valence electrons. The van der Waals surface area contributed by atoms with Gasteiger partial charge in [0.1, 0.15) is 0 Å². The topological polar surface area (TPSA) is 9.86 Å². The van der Waals surface area contributed by atoms with Gasteiger partial charge in [0.2, 0.25) is 0 Å². The number of benzene rings is 4. The summed E-state index contributed by atoms with van der Waals surface area (Å²) in [7, 11) is 2.16. The molecule has 0 N–H and O–H groups in total. The third-order valence-electron chi connectivity index (χ3n) is 6.34. The van der Waals surface area contributed by atoms with Crippen LogP contribution in [0.1, 0.15) is 6.92 Å². The van der Waals surface area contributed by atoms with E-state index in [1.54, 1.807) is 0 Å². The van der Waals surface area contributed by atoms with Crippen LogP contribution in [-0.4, -0.2) is 9.13 Å². The van der Waals surface area contributed by atoms with Gasteiger partial charge in [-0.25, -0.2) is 0 Å². The average Bonchev–Trinajstić information content (AvgIpc) is 3.25. The molecule has 0 amide bonds. The molecule has 4 aromatic carbocycles. The van der Waals surface area contributed by atoms with E-state index in [0.29, 0.717) is 0 Å². The third kappa shape index (κ3) is 2.23. The van der Waals surface area contributed by atoms with Crippen molar-refractivity contribution in [3.05, 3.63) is 84.9 Å². The van der Waals surface area contributed by atoms with Crippen LogP contribution in [0.2, 0.25) is 0 Å². The Morgan fingerprint density at radius 3 is 1.76 bits per heavy atom. The van der Waals surface area contributed by atoms with E-state index in [2.05, 4.69) is 108 Å². The average molecular weight is 374 g/mol. The van der Waals surface area contributed by atoms with Crippen molar-refractivity contribution in [3.8, 4) is 11.1 Å². The highest BCUT2D eigenvalue weighted by molar-refractivity contribution is 6.10. The first-order chi connectivity index (χ1) is 14.3. The lowest BCUT2D eigenvalue weighted by atomic mass is 10.0. The zero-order chi connectivity index (χ0) is 19.5. The van der Waals surface area contributed by atoms with E-state index in [-0.39, 0.29) is 0 Å². The largest absolute Gasteiger partial charge is 0.344 e. The second-order valence-electron chi connectivity index (χ2n) is 7.80. The lowest BCUT2D eigenvalue weighted by molar-refractivity contribution is 0.827. The first kappa shape index (κ1) is 16.4. The molecule has 0 saturated carbocycles. The van der Waals surface area contributed by atoms with Gasteiger partial charge in [-0.1, -0.05) is 60.7 Å². The highest BCUT2D eigenvalue weighted by Gasteiger charge is 2.12. The molecule has 6 aromatic rings. The van der Waals surface area contributed by atoms with E-state index in [4.69, 9.17) is 0 Å². The molecule has 2 heteroatoms. The van der Waals surface area contributed by atoms with Gasteiger partial charge in [0.25, 0.3) is 0 Å². The van der Waals surface area contributed by atoms with Crippen molar-refractivity contribution in [2.45, 2.75) is 13.5 Å². The Bertz CT molecular complexity index is 1550. The van der Waals surface area contributed by atoms with Crippen molar-refractivity contribution in [2.24, 2.45) is 7.05 Å². The molecule has 2 heterocycles. The Hall–Kier alpha value is -3.52. The zero-order valence-electron chi connectivity index (χ0n) is 16.7. The number of para-hydroxylation sites is 2. The highest BCUT2D eigenvalue weighted by Crippen LogP contribution is 2.35. The fraction of sp³-hybridized carbons (Fsp3) is 0.111. The fourth-order valence-electron chi connectivity index (χ4n) is 4.91. The summed E-state index contributed by atoms with van der Waals surface area (Å²) in [6.45, 7) is 3.19. The Balaban J connectivity index is 1.61. The smallest absolute Gasteiger partial charge is 0.0497 e. The summed E-state index contributed by atoms with van der Waals surface area (Å²) in [5.41, 5.74) is 7.70. The van der Waals surface area contributed by atoms with Crippen molar-refractivity contribution >= 4 is 43.6 Å². The standard InChI is InChI=1S/C27H22N2/c1-3-29-25-11-7-5-9-21(25)23-15-13-19(17-27(23)29)18-12-14-22-20-8-4-6-10-24(20)28(2)26(22)16-18/h4-17H,3H2,1-2H3. The number of nitrogens with zero attached hydrogens (tertiary/aromatic N) is 2. The van der Waals surface area contributed by atoms with E-state index < -0.39 is 0 Å². The van der Waals surface area contributed by atoms with E-state index in [1.807, 2.05) is 0 Å². The predicted octanol–water partition coefficient (Wildman–Crippen LogP) is 7.13. The lowest BCUT2D eigenvalue weighted by Gasteiger charge is -2.07. The molecule has 0 unspecified atom stereocenters. The summed E-state index contributed by atoms with van der Waals surface area (Å²) in [6, 6.07) is 31.1. The molecule has 0 saturated heterocycles. The van der Waals surface area contributed by atoms with Crippen LogP contribution < -0.4 is 0 Å². The molecule has 0 bridgehead atoms. The van der Waals surface area contributed by atoms with Gasteiger partial charge < -0.3 is 9.13 Å². The van der Waals surface area contributed by atoms with Gasteiger partial charge in [-0.2, -0.15) is 0 Å². The molecule has 0 aliphatic rings. The van der Waals surface area contributed by atoms with Crippen LogP contribution >= 0.6 is 0 Å². The van der Waals surface area contributed by atoms with Crippen molar-refractivity contribution in [1.29, 1.82) is 0 Å². The summed E-state index contributed by atoms with van der Waals surface area (Å²) < 4.78 is 4.72. The van der Waals surface area contributed by atoms with E-state index in [9.17, 15) is 0 Å². The Labute approximate surface area is 169 Å². The quantitative estimate of drug-likeness (QED) is 0.305. The van der Waals surface area contributed by atoms with Crippen LogP contribution in [0.4, 0.5) is 0 Å². The van der Waals surface area contributed by atoms with E-state index in [0.717, 1.165) is 6.54 Å². The van der Waals surface area contributed by atoms with Gasteiger partial charge in [0.05, 0.1) is 0 Å². The highest BCUT2D eigenvalue weighted by atomic mass is 15.0. The summed E-state index contributed by atoms with van der Waals surface area (Å²) in [5.74, 6) is 0. The molecule has 0 aliphatic carbocycles. The van der Waals surface area contributed by atoms with Gasteiger partial charge in [0.15, 0.2) is 0 Å². The Morgan fingerprint density at radius 2 is 1.07 bits per heavy atom. The SMILES string of the molecule is CCn1c2ccccc2c2ccc(-c3ccc4c5ccccc5n(C)c4c3)cc21. The number of aromatic nitrogens is 2. The number of hydrogen-bond acceptors (Lipinski definition) is 0. The minimum Gasteiger partial charge on any atom is -0.344 e. The molecule has 2 aromatic heterocycles. The van der Waals surface area contributed by atoms with Crippen molar-refractivity contribution in [1.82, 2.24) is 9.13 Å². The predicted molar refractivity (Wildman–Crippen MR) is 125 cm³/mol. The van der Waals surface area contributed by atoms with Crippen LogP contribution in [0.3, 0.4) is 0 Å². The van der Waals surface area contributed by atoms with E-state index in [1.165, 1.54) is 54.7 Å². The summed E-state index contributed by atoms with van der Waals surface area (Å²) in [6.07, 6.45) is 0. The third-order valence-corrected chi connectivity index (χ3v) is 6.34. The number of rotatable bonds is 2. The maximum absolute atomic E-state index is 2.42. The molecule has 29 heavy (non-hydrogen) atoms. The number of hydrogen-bond donors (Lipinski definition) is 0. The lowest BCUT2D eigenvalue weighted by Crippen LogP contribution is -1.93. The summed E-state index contributed by atoms with van der Waals surface area (Å²) >= 11 is 0. The second kappa shape index (κ2) is 5.99. The summed E-state index contributed by atoms with van der Waals surface area (Å²) in [5, 5.41) is 5.30. The maximum Gasteiger partial charge on any atom is 0.0497 e. The van der Waals surface area contributed by atoms with Crippen LogP contribution in [0.5, 0.6) is 0 Å². The monoisotopic (exact) mass is 374 g/mol. The van der Waals surface area contributed by atoms with E-state index >= 15 is 0 Å². The van der Waals surface area contributed by atoms with Gasteiger partial charge in [-0.15, -0.1) is 0 Å². The van der Waals surface area contributed by atoms with Crippen molar-refractivity contribution < 1.29 is 0 Å². The Morgan fingerprint density at radius 1 is 0.552 bits per heavy atom. The summed E-state index contributed by atoms with van der Waals surface area (Å²) in [4.78, 5) is 0. The maximum atomic E-state index is 2.42. The van der Waals surface area contributed by atoms with Crippen LogP contribution in [0.25, 0.3) is 54.7 Å². The van der Waals surface area contributed by atoms with Crippen molar-refractivity contribution in [3.63, 3.8) is 0 Å². The molecular formula is C27H22N2. The van der Waals surface area contributed by atoms with Gasteiger partial charge in [-0.05, 0) is 42.3 Å². The Kier molecular flexibility index (Phi) is 3.39. The zero-order valence-corrected chi connectivity index (χ0v) is 16.7. The minimum absolute atomic E-state index is 0.968. The second-order valence-corrected chi connectivity index (χ2v) is 7.80. The molecule has 6 rings (SSSR count). The number of fused-ring (bicyclic) bond motifs is 6. The van der Waals surface area contributed by atoms with Crippen LogP contribution in [0, 0.1) is 0 Å². The molecule has 0 spiro atoms. The molecule has 0 aliphatic heterocycles.